The van der Waals surface area contributed by atoms with Gasteiger partial charge in [0.1, 0.15) is 30.5 Å². The van der Waals surface area contributed by atoms with Crippen molar-refractivity contribution < 1.29 is 44.2 Å². The number of rotatable bonds is 49. The summed E-state index contributed by atoms with van der Waals surface area (Å²) in [7, 11) is 0. The van der Waals surface area contributed by atoms with Crippen molar-refractivity contribution in [3.63, 3.8) is 0 Å². The van der Waals surface area contributed by atoms with Gasteiger partial charge in [-0.2, -0.15) is 0 Å². The van der Waals surface area contributed by atoms with Crippen LogP contribution < -0.4 is 0 Å². The van der Waals surface area contributed by atoms with Crippen LogP contribution in [-0.2, 0) is 23.7 Å². The molecule has 1 aliphatic heterocycles. The van der Waals surface area contributed by atoms with E-state index in [0.29, 0.717) is 13.0 Å². The van der Waals surface area contributed by atoms with E-state index in [1.165, 1.54) is 128 Å². The number of aliphatic hydroxyl groups excluding tert-OH is 4. The van der Waals surface area contributed by atoms with Crippen LogP contribution in [0.3, 0.4) is 0 Å². The molecule has 1 fully saturated rings. The van der Waals surface area contributed by atoms with E-state index in [1.54, 1.807) is 0 Å². The zero-order chi connectivity index (χ0) is 50.6. The van der Waals surface area contributed by atoms with E-state index < -0.39 is 43.4 Å². The first-order valence-corrected chi connectivity index (χ1v) is 28.7. The predicted octanol–water partition coefficient (Wildman–Crippen LogP) is 14.9. The summed E-state index contributed by atoms with van der Waals surface area (Å²) in [4.78, 5) is 12.9. The second kappa shape index (κ2) is 51.3. The summed E-state index contributed by atoms with van der Waals surface area (Å²) in [6, 6.07) is 0. The molecule has 0 amide bonds. The average molecular weight is 984 g/mol. The van der Waals surface area contributed by atoms with Crippen LogP contribution in [0.1, 0.15) is 232 Å². The van der Waals surface area contributed by atoms with Crippen molar-refractivity contribution in [2.24, 2.45) is 0 Å². The number of unbranched alkanes of at least 4 members (excludes halogenated alkanes) is 24. The summed E-state index contributed by atoms with van der Waals surface area (Å²) in [5.74, 6) is -0.320. The van der Waals surface area contributed by atoms with Gasteiger partial charge in [-0.3, -0.25) is 4.79 Å². The molecule has 0 saturated carbocycles. The van der Waals surface area contributed by atoms with Crippen LogP contribution in [0, 0.1) is 0 Å². The molecule has 0 aromatic carbocycles. The minimum atomic E-state index is -1.54. The second-order valence-electron chi connectivity index (χ2n) is 19.4. The topological polar surface area (TPSA) is 135 Å². The lowest BCUT2D eigenvalue weighted by Gasteiger charge is -2.39. The summed E-state index contributed by atoms with van der Waals surface area (Å²) in [5, 5.41) is 40.4. The normalized spacial score (nSPS) is 19.5. The SMILES string of the molecule is CC/C=C\C/C=C\C/C=C\C/C=C\C/C=C\CCCCCCCCCCOCC(COC1OC(CO)C(O)C(O)C1O)OC(=O)CCCCCCCCCCCCC/C=C\C/C=C\CCCCCCC. The molecule has 1 rings (SSSR count). The standard InChI is InChI=1S/C61H106O9/c1-3-5-7-9-11-13-15-17-19-21-23-25-27-29-31-33-35-37-39-41-43-45-47-49-51-67-53-55(54-68-61-60(66)59(65)58(64)56(52-62)70-61)69-57(63)50-48-46-44-42-40-38-36-34-32-30-28-26-24-22-20-18-16-14-12-10-8-6-4-2/h5,7,11,13,16-19,22-25,29,31,55-56,58-62,64-66H,3-4,6,8-10,12,14-15,20-21,26-28,30,32-54H2,1-2H3/b7-5-,13-11-,18-16-,19-17-,24-22-,25-23-,31-29-. The summed E-state index contributed by atoms with van der Waals surface area (Å²) >= 11 is 0. The molecule has 0 bridgehead atoms. The third-order valence-corrected chi connectivity index (χ3v) is 12.8. The highest BCUT2D eigenvalue weighted by Crippen LogP contribution is 2.23. The van der Waals surface area contributed by atoms with Crippen LogP contribution in [0.25, 0.3) is 0 Å². The molecular formula is C61H106O9. The number of hydrogen-bond acceptors (Lipinski definition) is 9. The van der Waals surface area contributed by atoms with E-state index in [1.807, 2.05) is 0 Å². The Morgan fingerprint density at radius 2 is 0.871 bits per heavy atom. The number of aliphatic hydroxyl groups is 4. The van der Waals surface area contributed by atoms with Gasteiger partial charge >= 0.3 is 5.97 Å². The lowest BCUT2D eigenvalue weighted by molar-refractivity contribution is -0.305. The maximum atomic E-state index is 12.9. The fourth-order valence-corrected chi connectivity index (χ4v) is 8.37. The fraction of sp³-hybridized carbons (Fsp3) is 0.754. The highest BCUT2D eigenvalue weighted by molar-refractivity contribution is 5.69. The molecule has 6 unspecified atom stereocenters. The van der Waals surface area contributed by atoms with Crippen molar-refractivity contribution in [3.8, 4) is 0 Å². The van der Waals surface area contributed by atoms with Gasteiger partial charge in [-0.15, -0.1) is 0 Å². The summed E-state index contributed by atoms with van der Waals surface area (Å²) < 4.78 is 23.0. The molecule has 9 heteroatoms. The molecule has 0 spiro atoms. The largest absolute Gasteiger partial charge is 0.457 e. The second-order valence-corrected chi connectivity index (χ2v) is 19.4. The van der Waals surface area contributed by atoms with E-state index >= 15 is 0 Å². The number of esters is 1. The smallest absolute Gasteiger partial charge is 0.306 e. The zero-order valence-corrected chi connectivity index (χ0v) is 44.7. The Kier molecular flexibility index (Phi) is 47.9. The number of allylic oxidation sites excluding steroid dienone is 14. The molecule has 1 aliphatic rings. The molecule has 1 heterocycles. The first-order valence-electron chi connectivity index (χ1n) is 28.7. The number of ether oxygens (including phenoxy) is 4. The lowest BCUT2D eigenvalue weighted by Crippen LogP contribution is -2.59. The Bertz CT molecular complexity index is 1350. The summed E-state index contributed by atoms with van der Waals surface area (Å²) in [5.41, 5.74) is 0. The molecule has 70 heavy (non-hydrogen) atoms. The van der Waals surface area contributed by atoms with Gasteiger partial charge in [-0.05, 0) is 89.9 Å². The first kappa shape index (κ1) is 65.4. The Labute approximate surface area is 429 Å². The van der Waals surface area contributed by atoms with Crippen molar-refractivity contribution in [2.75, 3.05) is 26.4 Å². The highest BCUT2D eigenvalue weighted by Gasteiger charge is 2.44. The van der Waals surface area contributed by atoms with E-state index in [9.17, 15) is 25.2 Å². The van der Waals surface area contributed by atoms with E-state index in [2.05, 4.69) is 98.9 Å². The van der Waals surface area contributed by atoms with Gasteiger partial charge in [0.2, 0.25) is 0 Å². The predicted molar refractivity (Wildman–Crippen MR) is 293 cm³/mol. The number of hydrogen-bond donors (Lipinski definition) is 4. The molecule has 6 atom stereocenters. The van der Waals surface area contributed by atoms with Gasteiger partial charge in [-0.1, -0.05) is 221 Å². The molecule has 404 valence electrons. The third-order valence-electron chi connectivity index (χ3n) is 12.8. The molecule has 0 aromatic rings. The van der Waals surface area contributed by atoms with Crippen LogP contribution in [0.4, 0.5) is 0 Å². The summed E-state index contributed by atoms with van der Waals surface area (Å²) in [6.45, 7) is 4.43. The van der Waals surface area contributed by atoms with E-state index in [4.69, 9.17) is 18.9 Å². The van der Waals surface area contributed by atoms with Gasteiger partial charge < -0.3 is 39.4 Å². The molecule has 0 aromatic heterocycles. The van der Waals surface area contributed by atoms with Crippen molar-refractivity contribution >= 4 is 5.97 Å². The quantitative estimate of drug-likeness (QED) is 0.0267. The van der Waals surface area contributed by atoms with Gasteiger partial charge in [0.25, 0.3) is 0 Å². The monoisotopic (exact) mass is 983 g/mol. The van der Waals surface area contributed by atoms with Crippen LogP contribution >= 0.6 is 0 Å². The Hall–Kier alpha value is -2.63. The minimum Gasteiger partial charge on any atom is -0.457 e. The lowest BCUT2D eigenvalue weighted by atomic mass is 9.99. The summed E-state index contributed by atoms with van der Waals surface area (Å²) in [6.07, 6.45) is 63.3. The van der Waals surface area contributed by atoms with Crippen molar-refractivity contribution in [2.45, 2.75) is 269 Å². The number of carbonyl (C=O) groups excluding carboxylic acids is 1. The third kappa shape index (κ3) is 40.9. The van der Waals surface area contributed by atoms with Crippen LogP contribution in [0.2, 0.25) is 0 Å². The molecule has 4 N–H and O–H groups in total. The van der Waals surface area contributed by atoms with Crippen LogP contribution in [-0.4, -0.2) is 89.6 Å². The van der Waals surface area contributed by atoms with Gasteiger partial charge in [0.05, 0.1) is 19.8 Å². The molecule has 0 aliphatic carbocycles. The van der Waals surface area contributed by atoms with Gasteiger partial charge in [0.15, 0.2) is 6.29 Å². The molecule has 1 saturated heterocycles. The van der Waals surface area contributed by atoms with Crippen LogP contribution in [0.15, 0.2) is 85.1 Å². The van der Waals surface area contributed by atoms with Crippen molar-refractivity contribution in [3.05, 3.63) is 85.1 Å². The average Bonchev–Trinajstić information content (AvgIpc) is 3.36. The Morgan fingerprint density at radius 3 is 1.31 bits per heavy atom. The maximum Gasteiger partial charge on any atom is 0.306 e. The minimum absolute atomic E-state index is 0.121. The fourth-order valence-electron chi connectivity index (χ4n) is 8.37. The molecule has 0 radical (unpaired) electrons. The first-order chi connectivity index (χ1) is 34.4. The van der Waals surface area contributed by atoms with Crippen molar-refractivity contribution in [1.82, 2.24) is 0 Å². The van der Waals surface area contributed by atoms with Crippen molar-refractivity contribution in [1.29, 1.82) is 0 Å². The molecule has 9 nitrogen and oxygen atoms in total. The van der Waals surface area contributed by atoms with Gasteiger partial charge in [0, 0.05) is 13.0 Å². The molecular weight excluding hydrogens is 877 g/mol. The van der Waals surface area contributed by atoms with Gasteiger partial charge in [-0.25, -0.2) is 0 Å². The Balaban J connectivity index is 2.18. The van der Waals surface area contributed by atoms with Crippen LogP contribution in [0.5, 0.6) is 0 Å². The maximum absolute atomic E-state index is 12.9. The Morgan fingerprint density at radius 1 is 0.471 bits per heavy atom. The van der Waals surface area contributed by atoms with E-state index in [-0.39, 0.29) is 19.2 Å². The highest BCUT2D eigenvalue weighted by atomic mass is 16.7. The van der Waals surface area contributed by atoms with E-state index in [0.717, 1.165) is 83.5 Å². The number of carbonyl (C=O) groups is 1. The zero-order valence-electron chi connectivity index (χ0n) is 44.7.